The minimum absolute atomic E-state index is 0.0576. The molecule has 0 fully saturated rings. The number of hydrogen-bond donors (Lipinski definition) is 1. The van der Waals surface area contributed by atoms with Crippen LogP contribution < -0.4 is 5.32 Å². The minimum atomic E-state index is -0.713. The molecule has 0 unspecified atom stereocenters. The third-order valence-electron chi connectivity index (χ3n) is 2.13. The lowest BCUT2D eigenvalue weighted by atomic mass is 10.2. The van der Waals surface area contributed by atoms with Crippen molar-refractivity contribution < 1.29 is 13.2 Å². The quantitative estimate of drug-likeness (QED) is 0.947. The van der Waals surface area contributed by atoms with Crippen molar-refractivity contribution in [2.45, 2.75) is 6.54 Å². The summed E-state index contributed by atoms with van der Waals surface area (Å²) >= 11 is 3.01. The second kappa shape index (κ2) is 4.93. The normalized spacial score (nSPS) is 10.8. The van der Waals surface area contributed by atoms with Crippen LogP contribution in [0.15, 0.2) is 27.3 Å². The average molecular weight is 303 g/mol. The predicted molar refractivity (Wildman–Crippen MR) is 62.3 cm³/mol. The van der Waals surface area contributed by atoms with Gasteiger partial charge < -0.3 is 9.73 Å². The Labute approximate surface area is 105 Å². The predicted octanol–water partition coefficient (Wildman–Crippen LogP) is 3.10. The second-order valence-electron chi connectivity index (χ2n) is 3.42. The topological polar surface area (TPSA) is 38.1 Å². The van der Waals surface area contributed by atoms with Crippen LogP contribution in [0.25, 0.3) is 11.5 Å². The smallest absolute Gasteiger partial charge is 0.232 e. The molecule has 17 heavy (non-hydrogen) atoms. The Morgan fingerprint density at radius 1 is 1.35 bits per heavy atom. The summed E-state index contributed by atoms with van der Waals surface area (Å²) in [6.07, 6.45) is 1.37. The number of oxazole rings is 1. The summed E-state index contributed by atoms with van der Waals surface area (Å²) in [4.78, 5) is 4.00. The number of nitrogens with one attached hydrogen (secondary N) is 1. The maximum absolute atomic E-state index is 13.6. The number of hydrogen-bond acceptors (Lipinski definition) is 3. The van der Waals surface area contributed by atoms with E-state index in [1.54, 1.807) is 7.05 Å². The van der Waals surface area contributed by atoms with Gasteiger partial charge >= 0.3 is 0 Å². The van der Waals surface area contributed by atoms with Crippen molar-refractivity contribution in [3.63, 3.8) is 0 Å². The van der Waals surface area contributed by atoms with Crippen LogP contribution in [0.2, 0.25) is 0 Å². The molecule has 1 heterocycles. The fourth-order valence-corrected chi connectivity index (χ4v) is 1.83. The molecule has 1 N–H and O–H groups in total. The molecule has 90 valence electrons. The van der Waals surface area contributed by atoms with Gasteiger partial charge in [-0.3, -0.25) is 0 Å². The Balaban J connectivity index is 2.45. The highest BCUT2D eigenvalue weighted by atomic mass is 79.9. The van der Waals surface area contributed by atoms with Gasteiger partial charge in [-0.25, -0.2) is 13.8 Å². The van der Waals surface area contributed by atoms with Crippen LogP contribution in [0.5, 0.6) is 0 Å². The van der Waals surface area contributed by atoms with E-state index >= 15 is 0 Å². The molecule has 0 bridgehead atoms. The maximum atomic E-state index is 13.6. The van der Waals surface area contributed by atoms with Crippen LogP contribution in [0.3, 0.4) is 0 Å². The Bertz CT molecular complexity index is 519. The lowest BCUT2D eigenvalue weighted by molar-refractivity contribution is 0.540. The van der Waals surface area contributed by atoms with Gasteiger partial charge in [0.2, 0.25) is 5.89 Å². The van der Waals surface area contributed by atoms with Gasteiger partial charge in [-0.1, -0.05) is 15.9 Å². The largest absolute Gasteiger partial charge is 0.444 e. The Morgan fingerprint density at radius 2 is 2.00 bits per heavy atom. The molecule has 1 aromatic carbocycles. The van der Waals surface area contributed by atoms with Crippen molar-refractivity contribution in [1.29, 1.82) is 0 Å². The third kappa shape index (κ3) is 2.53. The van der Waals surface area contributed by atoms with Crippen molar-refractivity contribution in [1.82, 2.24) is 10.3 Å². The van der Waals surface area contributed by atoms with Crippen LogP contribution in [-0.4, -0.2) is 12.0 Å². The molecule has 0 radical (unpaired) electrons. The van der Waals surface area contributed by atoms with E-state index in [9.17, 15) is 8.78 Å². The van der Waals surface area contributed by atoms with Gasteiger partial charge in [-0.2, -0.15) is 0 Å². The molecular formula is C11H9BrF2N2O. The first-order valence-corrected chi connectivity index (χ1v) is 5.65. The maximum Gasteiger partial charge on any atom is 0.232 e. The van der Waals surface area contributed by atoms with E-state index in [0.29, 0.717) is 16.7 Å². The van der Waals surface area contributed by atoms with E-state index in [0.717, 1.165) is 0 Å². The number of halogens is 3. The van der Waals surface area contributed by atoms with Crippen LogP contribution in [-0.2, 0) is 6.54 Å². The Hall–Kier alpha value is -1.27. The molecule has 6 heteroatoms. The fourth-order valence-electron chi connectivity index (χ4n) is 1.43. The summed E-state index contributed by atoms with van der Waals surface area (Å²) in [5.74, 6) is -1.48. The van der Waals surface area contributed by atoms with Gasteiger partial charge in [0.15, 0.2) is 0 Å². The van der Waals surface area contributed by atoms with Crippen molar-refractivity contribution in [2.75, 3.05) is 7.05 Å². The average Bonchev–Trinajstić information content (AvgIpc) is 2.65. The lowest BCUT2D eigenvalue weighted by Crippen LogP contribution is -2.05. The highest BCUT2D eigenvalue weighted by molar-refractivity contribution is 9.10. The van der Waals surface area contributed by atoms with Gasteiger partial charge in [-0.05, 0) is 19.2 Å². The first kappa shape index (κ1) is 12.2. The van der Waals surface area contributed by atoms with Crippen molar-refractivity contribution in [3.05, 3.63) is 40.2 Å². The molecule has 0 saturated carbocycles. The van der Waals surface area contributed by atoms with Gasteiger partial charge in [0.1, 0.15) is 23.5 Å². The SMILES string of the molecule is CNCc1coc(-c2c(F)cc(Br)cc2F)n1. The Kier molecular flexibility index (Phi) is 3.54. The van der Waals surface area contributed by atoms with Crippen molar-refractivity contribution in [2.24, 2.45) is 0 Å². The standard InChI is InChI=1S/C11H9BrF2N2O/c1-15-4-7-5-17-11(16-7)10-8(13)2-6(12)3-9(10)14/h2-3,5,15H,4H2,1H3. The van der Waals surface area contributed by atoms with Gasteiger partial charge in [0, 0.05) is 11.0 Å². The van der Waals surface area contributed by atoms with E-state index in [4.69, 9.17) is 4.42 Å². The lowest BCUT2D eigenvalue weighted by Gasteiger charge is -2.01. The highest BCUT2D eigenvalue weighted by Crippen LogP contribution is 2.28. The van der Waals surface area contributed by atoms with E-state index in [1.807, 2.05) is 0 Å². The summed E-state index contributed by atoms with van der Waals surface area (Å²) < 4.78 is 32.6. The first-order chi connectivity index (χ1) is 8.11. The van der Waals surface area contributed by atoms with Crippen LogP contribution >= 0.6 is 15.9 Å². The van der Waals surface area contributed by atoms with Crippen LogP contribution in [0.1, 0.15) is 5.69 Å². The van der Waals surface area contributed by atoms with Crippen LogP contribution in [0.4, 0.5) is 8.78 Å². The van der Waals surface area contributed by atoms with E-state index in [1.165, 1.54) is 18.4 Å². The fraction of sp³-hybridized carbons (Fsp3) is 0.182. The third-order valence-corrected chi connectivity index (χ3v) is 2.59. The van der Waals surface area contributed by atoms with Crippen LogP contribution in [0, 0.1) is 11.6 Å². The summed E-state index contributed by atoms with van der Waals surface area (Å²) in [6, 6.07) is 2.33. The molecule has 1 aromatic heterocycles. The molecule has 0 saturated heterocycles. The first-order valence-electron chi connectivity index (χ1n) is 4.85. The second-order valence-corrected chi connectivity index (χ2v) is 4.33. The zero-order valence-electron chi connectivity index (χ0n) is 8.93. The number of nitrogens with zero attached hydrogens (tertiary/aromatic N) is 1. The molecule has 0 aliphatic rings. The number of benzene rings is 1. The monoisotopic (exact) mass is 302 g/mol. The van der Waals surface area contributed by atoms with E-state index < -0.39 is 11.6 Å². The molecular weight excluding hydrogens is 294 g/mol. The molecule has 0 aliphatic heterocycles. The zero-order chi connectivity index (χ0) is 12.4. The zero-order valence-corrected chi connectivity index (χ0v) is 10.5. The molecule has 0 atom stereocenters. The molecule has 0 spiro atoms. The number of rotatable bonds is 3. The van der Waals surface area contributed by atoms with Gasteiger partial charge in [0.05, 0.1) is 5.69 Å². The Morgan fingerprint density at radius 3 is 2.59 bits per heavy atom. The van der Waals surface area contributed by atoms with Gasteiger partial charge in [0.25, 0.3) is 0 Å². The van der Waals surface area contributed by atoms with Crippen molar-refractivity contribution in [3.8, 4) is 11.5 Å². The summed E-state index contributed by atoms with van der Waals surface area (Å²) in [7, 11) is 1.75. The molecule has 0 aliphatic carbocycles. The van der Waals surface area contributed by atoms with E-state index in [-0.39, 0.29) is 11.5 Å². The van der Waals surface area contributed by atoms with Gasteiger partial charge in [-0.15, -0.1) is 0 Å². The molecule has 0 amide bonds. The van der Waals surface area contributed by atoms with Crippen molar-refractivity contribution >= 4 is 15.9 Å². The highest BCUT2D eigenvalue weighted by Gasteiger charge is 2.17. The summed E-state index contributed by atoms with van der Waals surface area (Å²) in [5.41, 5.74) is 0.333. The molecule has 3 nitrogen and oxygen atoms in total. The summed E-state index contributed by atoms with van der Waals surface area (Å²) in [6.45, 7) is 0.475. The number of aromatic nitrogens is 1. The van der Waals surface area contributed by atoms with E-state index in [2.05, 4.69) is 26.2 Å². The minimum Gasteiger partial charge on any atom is -0.444 e. The molecule has 2 rings (SSSR count). The summed E-state index contributed by atoms with van der Waals surface area (Å²) in [5, 5.41) is 2.87. The molecule has 2 aromatic rings.